The van der Waals surface area contributed by atoms with E-state index in [9.17, 15) is 43.2 Å². The second-order valence-electron chi connectivity index (χ2n) is 26.6. The average molecular weight is 1330 g/mol. The molecule has 0 aromatic heterocycles. The van der Waals surface area contributed by atoms with Crippen molar-refractivity contribution in [2.24, 2.45) is 11.8 Å². The topological polar surface area (TPSA) is 237 Å². The lowest BCUT2D eigenvalue weighted by molar-refractivity contribution is -0.161. The first-order chi connectivity index (χ1) is 43.4. The van der Waals surface area contributed by atoms with E-state index in [0.29, 0.717) is 25.7 Å². The van der Waals surface area contributed by atoms with Crippen LogP contribution in [0.1, 0.15) is 363 Å². The molecule has 534 valence electrons. The summed E-state index contributed by atoms with van der Waals surface area (Å²) in [5.74, 6) is -0.586. The van der Waals surface area contributed by atoms with Gasteiger partial charge in [0.15, 0.2) is 12.2 Å². The van der Waals surface area contributed by atoms with Crippen LogP contribution in [0.4, 0.5) is 0 Å². The number of ether oxygens (including phenoxy) is 4. The molecule has 0 heterocycles. The number of carbonyl (C=O) groups is 4. The first-order valence-corrected chi connectivity index (χ1v) is 40.0. The summed E-state index contributed by atoms with van der Waals surface area (Å²) in [7, 11) is -9.90. The van der Waals surface area contributed by atoms with E-state index < -0.39 is 97.5 Å². The molecule has 0 aromatic carbocycles. The Kier molecular flexibility index (Phi) is 61.8. The summed E-state index contributed by atoms with van der Waals surface area (Å²) in [5, 5.41) is 10.6. The highest BCUT2D eigenvalue weighted by Gasteiger charge is 2.30. The van der Waals surface area contributed by atoms with Crippen molar-refractivity contribution in [3.05, 3.63) is 0 Å². The normalized spacial score (nSPS) is 14.1. The Labute approximate surface area is 549 Å². The van der Waals surface area contributed by atoms with Crippen LogP contribution in [-0.4, -0.2) is 96.7 Å². The van der Waals surface area contributed by atoms with Gasteiger partial charge in [-0.1, -0.05) is 311 Å². The van der Waals surface area contributed by atoms with E-state index in [0.717, 1.165) is 102 Å². The number of unbranched alkanes of at least 4 members (excludes halogenated alkanes) is 40. The molecule has 0 aliphatic rings. The zero-order valence-corrected chi connectivity index (χ0v) is 60.2. The molecule has 5 atom stereocenters. The number of phosphoric acid groups is 2. The predicted octanol–water partition coefficient (Wildman–Crippen LogP) is 20.4. The maximum atomic E-state index is 13.0. The van der Waals surface area contributed by atoms with Crippen LogP contribution in [0.3, 0.4) is 0 Å². The molecule has 3 N–H and O–H groups in total. The van der Waals surface area contributed by atoms with Crippen LogP contribution in [0.15, 0.2) is 0 Å². The molecule has 0 saturated heterocycles. The Morgan fingerprint density at radius 1 is 0.300 bits per heavy atom. The van der Waals surface area contributed by atoms with E-state index in [1.54, 1.807) is 0 Å². The molecule has 2 unspecified atom stereocenters. The lowest BCUT2D eigenvalue weighted by Gasteiger charge is -2.21. The molecule has 90 heavy (non-hydrogen) atoms. The van der Waals surface area contributed by atoms with Crippen molar-refractivity contribution in [2.75, 3.05) is 39.6 Å². The minimum atomic E-state index is -4.95. The molecule has 0 aliphatic heterocycles. The predicted molar refractivity (Wildman–Crippen MR) is 363 cm³/mol. The highest BCUT2D eigenvalue weighted by molar-refractivity contribution is 7.47. The van der Waals surface area contributed by atoms with Gasteiger partial charge in [-0.25, -0.2) is 9.13 Å². The van der Waals surface area contributed by atoms with Crippen molar-refractivity contribution in [1.82, 2.24) is 0 Å². The van der Waals surface area contributed by atoms with E-state index in [4.69, 9.17) is 37.0 Å². The second-order valence-corrected chi connectivity index (χ2v) is 29.5. The van der Waals surface area contributed by atoms with Crippen LogP contribution in [-0.2, 0) is 65.4 Å². The third-order valence-corrected chi connectivity index (χ3v) is 18.4. The summed E-state index contributed by atoms with van der Waals surface area (Å²) in [6, 6.07) is 0. The Hall–Kier alpha value is -1.94. The molecule has 0 rings (SSSR count). The molecule has 0 saturated carbocycles. The van der Waals surface area contributed by atoms with E-state index in [-0.39, 0.29) is 25.7 Å². The molecule has 17 nitrogen and oxygen atoms in total. The largest absolute Gasteiger partial charge is 0.472 e. The van der Waals surface area contributed by atoms with E-state index in [1.165, 1.54) is 180 Å². The van der Waals surface area contributed by atoms with Crippen LogP contribution in [0, 0.1) is 11.8 Å². The van der Waals surface area contributed by atoms with Gasteiger partial charge in [0.2, 0.25) is 0 Å². The Bertz CT molecular complexity index is 1750. The van der Waals surface area contributed by atoms with Gasteiger partial charge < -0.3 is 33.8 Å². The summed E-state index contributed by atoms with van der Waals surface area (Å²) in [5.41, 5.74) is 0. The van der Waals surface area contributed by atoms with Gasteiger partial charge in [0.1, 0.15) is 19.3 Å². The first-order valence-electron chi connectivity index (χ1n) is 37.0. The highest BCUT2D eigenvalue weighted by atomic mass is 31.2. The number of hydrogen-bond acceptors (Lipinski definition) is 15. The zero-order chi connectivity index (χ0) is 66.5. The Morgan fingerprint density at radius 3 is 0.756 bits per heavy atom. The standard InChI is InChI=1S/C71H138O17P2/c1-7-9-11-13-15-17-18-19-24-31-37-43-49-55-70(75)87-66(59-81-68(73)53-47-41-35-27-16-14-12-10-8-2)61-85-89(77,78)83-57-65(72)58-84-90(79,80)86-62-67(88-71(76)56-50-44-38-32-26-21-23-29-34-40-46-52-64(5)6)60-82-69(74)54-48-42-36-30-25-20-22-28-33-39-45-51-63(3)4/h63-67,72H,7-62H2,1-6H3,(H,77,78)(H,79,80)/t65-,66+,67+/m0/s1. The number of carbonyl (C=O) groups excluding carboxylic acids is 4. The molecular weight excluding hydrogens is 1190 g/mol. The Balaban J connectivity index is 5.24. The van der Waals surface area contributed by atoms with E-state index >= 15 is 0 Å². The van der Waals surface area contributed by atoms with E-state index in [1.807, 2.05) is 0 Å². The SMILES string of the molecule is CCCCCCCCCCCCCCCC(=O)O[C@H](COC(=O)CCCCCCCCCCC)COP(=O)(O)OC[C@H](O)COP(=O)(O)OC[C@@H](COC(=O)CCCCCCCCCCCCCC(C)C)OC(=O)CCCCCCCCCCCCCC(C)C. The minimum Gasteiger partial charge on any atom is -0.462 e. The van der Waals surface area contributed by atoms with Gasteiger partial charge in [0.05, 0.1) is 26.4 Å². The van der Waals surface area contributed by atoms with Crippen LogP contribution in [0.25, 0.3) is 0 Å². The number of rotatable bonds is 70. The fourth-order valence-electron chi connectivity index (χ4n) is 10.8. The average Bonchev–Trinajstić information content (AvgIpc) is 3.28. The summed E-state index contributed by atoms with van der Waals surface area (Å²) >= 11 is 0. The van der Waals surface area contributed by atoms with Gasteiger partial charge in [-0.15, -0.1) is 0 Å². The van der Waals surface area contributed by atoms with Gasteiger partial charge in [-0.3, -0.25) is 37.3 Å². The quantitative estimate of drug-likeness (QED) is 0.0222. The fourth-order valence-corrected chi connectivity index (χ4v) is 12.3. The first kappa shape index (κ1) is 88.1. The molecule has 0 bridgehead atoms. The van der Waals surface area contributed by atoms with Crippen molar-refractivity contribution in [3.8, 4) is 0 Å². The number of aliphatic hydroxyl groups is 1. The molecule has 0 aromatic rings. The van der Waals surface area contributed by atoms with E-state index in [2.05, 4.69) is 41.5 Å². The van der Waals surface area contributed by atoms with Crippen molar-refractivity contribution in [1.29, 1.82) is 0 Å². The maximum absolute atomic E-state index is 13.0. The molecule has 0 fully saturated rings. The monoisotopic (exact) mass is 1320 g/mol. The zero-order valence-electron chi connectivity index (χ0n) is 58.4. The van der Waals surface area contributed by atoms with Gasteiger partial charge in [0.25, 0.3) is 0 Å². The molecule has 19 heteroatoms. The third-order valence-electron chi connectivity index (χ3n) is 16.5. The number of phosphoric ester groups is 2. The summed E-state index contributed by atoms with van der Waals surface area (Å²) < 4.78 is 68.3. The molecule has 0 aliphatic carbocycles. The molecular formula is C71H138O17P2. The minimum absolute atomic E-state index is 0.106. The Morgan fingerprint density at radius 2 is 0.511 bits per heavy atom. The van der Waals surface area contributed by atoms with Crippen LogP contribution in [0.2, 0.25) is 0 Å². The number of hydrogen-bond donors (Lipinski definition) is 3. The molecule has 0 radical (unpaired) electrons. The van der Waals surface area contributed by atoms with Gasteiger partial charge in [0, 0.05) is 25.7 Å². The highest BCUT2D eigenvalue weighted by Crippen LogP contribution is 2.45. The van der Waals surface area contributed by atoms with Crippen molar-refractivity contribution in [3.63, 3.8) is 0 Å². The molecule has 0 spiro atoms. The van der Waals surface area contributed by atoms with Crippen molar-refractivity contribution < 1.29 is 80.2 Å². The lowest BCUT2D eigenvalue weighted by Crippen LogP contribution is -2.30. The summed E-state index contributed by atoms with van der Waals surface area (Å²) in [6.45, 7) is 9.55. The number of aliphatic hydroxyl groups excluding tert-OH is 1. The van der Waals surface area contributed by atoms with Gasteiger partial charge in [-0.2, -0.15) is 0 Å². The van der Waals surface area contributed by atoms with Gasteiger partial charge in [-0.05, 0) is 37.5 Å². The second kappa shape index (κ2) is 63.1. The fraction of sp³-hybridized carbons (Fsp3) is 0.944. The maximum Gasteiger partial charge on any atom is 0.472 e. The summed E-state index contributed by atoms with van der Waals surface area (Å²) in [6.07, 6.45) is 48.4. The van der Waals surface area contributed by atoms with Crippen LogP contribution in [0.5, 0.6) is 0 Å². The number of esters is 4. The van der Waals surface area contributed by atoms with Gasteiger partial charge >= 0.3 is 39.5 Å². The van der Waals surface area contributed by atoms with Crippen LogP contribution < -0.4 is 0 Å². The smallest absolute Gasteiger partial charge is 0.462 e. The molecule has 0 amide bonds. The summed E-state index contributed by atoms with van der Waals surface area (Å²) in [4.78, 5) is 72.6. The van der Waals surface area contributed by atoms with Crippen molar-refractivity contribution in [2.45, 2.75) is 381 Å². The van der Waals surface area contributed by atoms with Crippen LogP contribution >= 0.6 is 15.6 Å². The van der Waals surface area contributed by atoms with Crippen molar-refractivity contribution >= 4 is 39.5 Å². The third kappa shape index (κ3) is 64.8. The lowest BCUT2D eigenvalue weighted by atomic mass is 10.0.